The third kappa shape index (κ3) is 66.5. The van der Waals surface area contributed by atoms with Gasteiger partial charge in [-0.25, -0.2) is 4.57 Å². The number of likely N-dealkylation sites (N-methyl/N-ethyl adjacent to an activating group) is 1. The topological polar surface area (TPSA) is 105 Å². The van der Waals surface area contributed by atoms with E-state index in [0.29, 0.717) is 17.4 Å². The van der Waals surface area contributed by atoms with Crippen molar-refractivity contribution in [1.29, 1.82) is 0 Å². The third-order valence-corrected chi connectivity index (χ3v) is 18.2. The Morgan fingerprint density at radius 3 is 0.976 bits per heavy atom. The van der Waals surface area contributed by atoms with Crippen molar-refractivity contribution in [1.82, 2.24) is 5.32 Å². The highest BCUT2D eigenvalue weighted by Crippen LogP contribution is 2.43. The molecule has 3 N–H and O–H groups in total. The largest absolute Gasteiger partial charge is 0.472 e. The molecule has 3 unspecified atom stereocenters. The maximum atomic E-state index is 13.1. The van der Waals surface area contributed by atoms with Gasteiger partial charge in [0.05, 0.1) is 39.9 Å². The van der Waals surface area contributed by atoms with Gasteiger partial charge < -0.3 is 19.8 Å². The Morgan fingerprint density at radius 2 is 0.671 bits per heavy atom. The fourth-order valence-corrected chi connectivity index (χ4v) is 12.2. The van der Waals surface area contributed by atoms with Gasteiger partial charge in [0.25, 0.3) is 0 Å². The van der Waals surface area contributed by atoms with Crippen LogP contribution in [-0.4, -0.2) is 73.4 Å². The molecule has 0 spiro atoms. The number of allylic oxidation sites excluding steroid dienone is 3. The van der Waals surface area contributed by atoms with Crippen molar-refractivity contribution in [3.63, 3.8) is 0 Å². The normalized spacial score (nSPS) is 13.7. The molecule has 82 heavy (non-hydrogen) atoms. The quantitative estimate of drug-likeness (QED) is 0.0243. The van der Waals surface area contributed by atoms with Gasteiger partial charge in [-0.2, -0.15) is 0 Å². The summed E-state index contributed by atoms with van der Waals surface area (Å²) in [4.78, 5) is 23.4. The fraction of sp³-hybridized carbons (Fsp3) is 0.932. The molecule has 0 aliphatic heterocycles. The number of nitrogens with one attached hydrogen (secondary N) is 1. The minimum Gasteiger partial charge on any atom is -0.387 e. The van der Waals surface area contributed by atoms with Crippen molar-refractivity contribution in [3.05, 3.63) is 24.3 Å². The summed E-state index contributed by atoms with van der Waals surface area (Å²) in [6.07, 6.45) is 85.0. The molecular weight excluding hydrogens is 1030 g/mol. The van der Waals surface area contributed by atoms with Crippen LogP contribution >= 0.6 is 7.82 Å². The van der Waals surface area contributed by atoms with Crippen LogP contribution in [0.15, 0.2) is 24.3 Å². The Kier molecular flexibility index (Phi) is 63.7. The van der Waals surface area contributed by atoms with E-state index in [0.717, 1.165) is 38.5 Å². The van der Waals surface area contributed by atoms with Crippen LogP contribution in [0.4, 0.5) is 0 Å². The number of phosphoric ester groups is 1. The lowest BCUT2D eigenvalue weighted by atomic mass is 10.0. The van der Waals surface area contributed by atoms with Crippen LogP contribution in [0.2, 0.25) is 0 Å². The number of carbonyl (C=O) groups excluding carboxylic acids is 1. The average molecular weight is 1180 g/mol. The minimum absolute atomic E-state index is 0.0591. The fourth-order valence-electron chi connectivity index (χ4n) is 11.5. The van der Waals surface area contributed by atoms with Gasteiger partial charge >= 0.3 is 7.82 Å². The summed E-state index contributed by atoms with van der Waals surface area (Å²) >= 11 is 0. The van der Waals surface area contributed by atoms with E-state index in [9.17, 15) is 19.4 Å². The molecule has 488 valence electrons. The first-order valence-corrected chi connectivity index (χ1v) is 38.2. The van der Waals surface area contributed by atoms with Gasteiger partial charge in [0, 0.05) is 6.42 Å². The zero-order chi connectivity index (χ0) is 59.8. The van der Waals surface area contributed by atoms with Gasteiger partial charge in [-0.05, 0) is 32.1 Å². The number of amides is 1. The van der Waals surface area contributed by atoms with Crippen molar-refractivity contribution in [3.8, 4) is 0 Å². The lowest BCUT2D eigenvalue weighted by Gasteiger charge is -2.25. The summed E-state index contributed by atoms with van der Waals surface area (Å²) in [6, 6.07) is -0.862. The Hall–Kier alpha value is -1.02. The summed E-state index contributed by atoms with van der Waals surface area (Å²) in [5.74, 6) is -0.177. The first kappa shape index (κ1) is 81.0. The predicted octanol–water partition coefficient (Wildman–Crippen LogP) is 23.4. The Morgan fingerprint density at radius 1 is 0.402 bits per heavy atom. The molecular formula is C73H146N2O6P+. The molecule has 0 radical (unpaired) electrons. The maximum Gasteiger partial charge on any atom is 0.472 e. The molecule has 3 atom stereocenters. The number of aliphatic hydroxyl groups is 1. The van der Waals surface area contributed by atoms with E-state index in [4.69, 9.17) is 9.05 Å². The molecule has 0 bridgehead atoms. The molecule has 0 aliphatic carbocycles. The van der Waals surface area contributed by atoms with Crippen LogP contribution in [0.3, 0.4) is 0 Å². The van der Waals surface area contributed by atoms with Crippen LogP contribution in [0.25, 0.3) is 0 Å². The van der Waals surface area contributed by atoms with Crippen molar-refractivity contribution in [2.75, 3.05) is 40.9 Å². The molecule has 9 heteroatoms. The molecule has 0 aromatic heterocycles. The first-order chi connectivity index (χ1) is 40.0. The maximum absolute atomic E-state index is 13.1. The SMILES string of the molecule is CCCCCCCCCCCCCCCCCCCC/C=C/CC/C=C/C(O)C(COP(=O)(O)OCC[N+](C)(C)C)NC(=O)CCCCCCCCCCCCCCCCCCCCCCCCCCCCCCCCCCCCCC. The van der Waals surface area contributed by atoms with Gasteiger partial charge in [0.15, 0.2) is 0 Å². The van der Waals surface area contributed by atoms with Crippen molar-refractivity contribution in [2.45, 2.75) is 398 Å². The molecule has 0 fully saturated rings. The number of aliphatic hydroxyl groups excluding tert-OH is 1. The number of phosphoric acid groups is 1. The lowest BCUT2D eigenvalue weighted by Crippen LogP contribution is -2.45. The lowest BCUT2D eigenvalue weighted by molar-refractivity contribution is -0.870. The number of hydrogen-bond acceptors (Lipinski definition) is 5. The Labute approximate surface area is 513 Å². The molecule has 1 amide bonds. The van der Waals surface area contributed by atoms with Crippen LogP contribution < -0.4 is 5.32 Å². The second-order valence-electron chi connectivity index (χ2n) is 26.7. The molecule has 0 heterocycles. The van der Waals surface area contributed by atoms with E-state index in [1.807, 2.05) is 27.2 Å². The van der Waals surface area contributed by atoms with Crippen molar-refractivity contribution >= 4 is 13.7 Å². The average Bonchev–Trinajstić information content (AvgIpc) is 3.47. The second kappa shape index (κ2) is 64.5. The van der Waals surface area contributed by atoms with E-state index in [2.05, 4.69) is 31.3 Å². The summed E-state index contributed by atoms with van der Waals surface area (Å²) in [5.41, 5.74) is 0. The molecule has 0 aromatic rings. The molecule has 0 rings (SSSR count). The number of rotatable bonds is 69. The summed E-state index contributed by atoms with van der Waals surface area (Å²) in [7, 11) is 1.58. The third-order valence-electron chi connectivity index (χ3n) is 17.2. The first-order valence-electron chi connectivity index (χ1n) is 36.7. The zero-order valence-electron chi connectivity index (χ0n) is 56.0. The highest BCUT2D eigenvalue weighted by Gasteiger charge is 2.28. The van der Waals surface area contributed by atoms with Crippen molar-refractivity contribution in [2.24, 2.45) is 0 Å². The molecule has 0 aromatic carbocycles. The summed E-state index contributed by atoms with van der Waals surface area (Å²) in [6.45, 7) is 4.86. The number of nitrogens with zero attached hydrogens (tertiary/aromatic N) is 1. The van der Waals surface area contributed by atoms with E-state index in [-0.39, 0.29) is 19.1 Å². The Balaban J connectivity index is 3.98. The van der Waals surface area contributed by atoms with Gasteiger partial charge in [0.2, 0.25) is 5.91 Å². The molecule has 0 saturated heterocycles. The predicted molar refractivity (Wildman–Crippen MR) is 360 cm³/mol. The standard InChI is InChI=1S/C73H145N2O6P/c1-6-8-10-12-14-16-18-20-22-24-26-28-30-32-33-34-35-36-37-38-39-40-41-42-43-45-47-49-51-53-55-57-59-61-63-65-67-73(77)74-71(70-81-82(78,79)80-69-68-75(3,4)5)72(76)66-64-62-60-58-56-54-52-50-48-46-44-31-29-27-25-23-21-19-17-15-13-11-9-7-2/h56,58,64,66,71-72,76H,6-55,57,59-63,65,67-70H2,1-5H3,(H-,74,77,78,79)/p+1/b58-56+,66-64+. The number of quaternary nitrogens is 1. The molecule has 0 aliphatic rings. The van der Waals surface area contributed by atoms with Gasteiger partial charge in [-0.3, -0.25) is 13.8 Å². The van der Waals surface area contributed by atoms with Gasteiger partial charge in [-0.1, -0.05) is 372 Å². The Bertz CT molecular complexity index is 1390. The second-order valence-corrected chi connectivity index (χ2v) is 28.1. The van der Waals surface area contributed by atoms with Gasteiger partial charge in [-0.15, -0.1) is 0 Å². The van der Waals surface area contributed by atoms with Crippen molar-refractivity contribution < 1.29 is 32.9 Å². The van der Waals surface area contributed by atoms with Gasteiger partial charge in [0.1, 0.15) is 13.2 Å². The minimum atomic E-state index is -4.36. The number of hydrogen-bond donors (Lipinski definition) is 3. The monoisotopic (exact) mass is 1180 g/mol. The van der Waals surface area contributed by atoms with Crippen LogP contribution in [-0.2, 0) is 18.4 Å². The van der Waals surface area contributed by atoms with Crippen LogP contribution in [0.5, 0.6) is 0 Å². The van der Waals surface area contributed by atoms with E-state index in [1.165, 1.54) is 327 Å². The van der Waals surface area contributed by atoms with E-state index in [1.54, 1.807) is 6.08 Å². The van der Waals surface area contributed by atoms with Crippen LogP contribution in [0.1, 0.15) is 386 Å². The highest BCUT2D eigenvalue weighted by molar-refractivity contribution is 7.47. The zero-order valence-corrected chi connectivity index (χ0v) is 56.9. The van der Waals surface area contributed by atoms with E-state index < -0.39 is 20.0 Å². The molecule has 8 nitrogen and oxygen atoms in total. The molecule has 0 saturated carbocycles. The number of carbonyl (C=O) groups is 1. The smallest absolute Gasteiger partial charge is 0.387 e. The summed E-state index contributed by atoms with van der Waals surface area (Å²) < 4.78 is 23.8. The number of unbranched alkanes of at least 4 members (excludes halogenated alkanes) is 54. The summed E-state index contributed by atoms with van der Waals surface area (Å²) in [5, 5.41) is 14.0. The van der Waals surface area contributed by atoms with E-state index >= 15 is 0 Å². The van der Waals surface area contributed by atoms with Crippen LogP contribution in [0, 0.1) is 0 Å². The highest BCUT2D eigenvalue weighted by atomic mass is 31.2.